The number of aliphatic hydroxyl groups excluding tert-OH is 1. The van der Waals surface area contributed by atoms with Gasteiger partial charge in [-0.1, -0.05) is 23.7 Å². The average Bonchev–Trinajstić information content (AvgIpc) is 3.44. The van der Waals surface area contributed by atoms with Crippen molar-refractivity contribution >= 4 is 11.6 Å². The molecule has 2 aliphatic heterocycles. The van der Waals surface area contributed by atoms with Crippen molar-refractivity contribution in [3.05, 3.63) is 88.8 Å². The molecule has 5 rings (SSSR count). The molecule has 1 aromatic heterocycles. The molecule has 0 radical (unpaired) electrons. The minimum atomic E-state index is -0.587. The number of hydrogen-bond acceptors (Lipinski definition) is 5. The van der Waals surface area contributed by atoms with Crippen LogP contribution < -0.4 is 4.74 Å². The van der Waals surface area contributed by atoms with Gasteiger partial charge in [-0.3, -0.25) is 0 Å². The quantitative estimate of drug-likeness (QED) is 0.351. The minimum absolute atomic E-state index is 0.266. The molecule has 3 heterocycles. The highest BCUT2D eigenvalue weighted by Crippen LogP contribution is 2.38. The first-order valence-corrected chi connectivity index (χ1v) is 11.4. The second-order valence-corrected chi connectivity index (χ2v) is 8.86. The van der Waals surface area contributed by atoms with Crippen molar-refractivity contribution in [1.29, 1.82) is 0 Å². The van der Waals surface area contributed by atoms with E-state index in [4.69, 9.17) is 16.3 Å². The first-order valence-electron chi connectivity index (χ1n) is 11.0. The van der Waals surface area contributed by atoms with Crippen LogP contribution in [0.5, 0.6) is 5.75 Å². The molecule has 3 aromatic rings. The van der Waals surface area contributed by atoms with Crippen LogP contribution in [0.15, 0.2) is 61.2 Å². The maximum Gasteiger partial charge on any atom is 0.165 e. The lowest BCUT2D eigenvalue weighted by Gasteiger charge is -2.22. The highest BCUT2D eigenvalue weighted by molar-refractivity contribution is 6.30. The summed E-state index contributed by atoms with van der Waals surface area (Å²) in [5, 5.41) is 19.5. The van der Waals surface area contributed by atoms with Crippen LogP contribution in [0.3, 0.4) is 0 Å². The molecule has 1 atom stereocenters. The Balaban J connectivity index is 1.59. The molecule has 0 bridgehead atoms. The van der Waals surface area contributed by atoms with Gasteiger partial charge in [0.2, 0.25) is 0 Å². The molecule has 7 nitrogen and oxygen atoms in total. The van der Waals surface area contributed by atoms with E-state index in [1.807, 2.05) is 48.9 Å². The number of hydrogen-bond donors (Lipinski definition) is 1. The molecule has 178 valence electrons. The maximum absolute atomic E-state index is 14.1. The molecule has 1 unspecified atom stereocenters. The molecule has 0 aliphatic carbocycles. The largest absolute Gasteiger partial charge is 0.495 e. The van der Waals surface area contributed by atoms with E-state index >= 15 is 0 Å². The molecule has 2 aromatic carbocycles. The van der Waals surface area contributed by atoms with Crippen molar-refractivity contribution in [3.8, 4) is 34.1 Å². The summed E-state index contributed by atoms with van der Waals surface area (Å²) < 4.78 is 23.4. The van der Waals surface area contributed by atoms with Crippen LogP contribution in [0.2, 0.25) is 5.02 Å². The number of aliphatic hydroxyl groups is 1. The third-order valence-corrected chi connectivity index (χ3v) is 6.14. The van der Waals surface area contributed by atoms with Gasteiger partial charge in [0.05, 0.1) is 42.5 Å². The lowest BCUT2D eigenvalue weighted by Crippen LogP contribution is -2.18. The predicted molar refractivity (Wildman–Crippen MR) is 132 cm³/mol. The fourth-order valence-corrected chi connectivity index (χ4v) is 4.57. The molecule has 0 amide bonds. The Morgan fingerprint density at radius 2 is 1.91 bits per heavy atom. The summed E-state index contributed by atoms with van der Waals surface area (Å²) in [7, 11) is 1.61. The van der Waals surface area contributed by atoms with Gasteiger partial charge in [-0.15, -0.1) is 10.2 Å². The Bertz CT molecular complexity index is 1470. The average molecular weight is 492 g/mol. The zero-order chi connectivity index (χ0) is 24.7. The number of imidazole rings is 1. The van der Waals surface area contributed by atoms with Gasteiger partial charge >= 0.3 is 0 Å². The number of ether oxygens (including phenoxy) is 1. The van der Waals surface area contributed by atoms with E-state index in [1.54, 1.807) is 30.3 Å². The van der Waals surface area contributed by atoms with Crippen molar-refractivity contribution in [1.82, 2.24) is 24.3 Å². The lowest BCUT2D eigenvalue weighted by molar-refractivity contribution is 0.249. The van der Waals surface area contributed by atoms with Crippen molar-refractivity contribution in [3.63, 3.8) is 0 Å². The van der Waals surface area contributed by atoms with Gasteiger partial charge in [-0.2, -0.15) is 0 Å². The predicted octanol–water partition coefficient (Wildman–Crippen LogP) is 5.24. The standard InChI is InChI=1S/C26H23ClFN5O2/c1-15-6-18(8-20(28)7-15)23(13-34)33-12-19(27)10-21-25(30-31-26(21)33)17-4-5-22(24(9-17)35-3)32-11-16(2)29-14-32/h4-12,14,23,34H,13H2,1-3H3. The van der Waals surface area contributed by atoms with E-state index in [9.17, 15) is 9.50 Å². The molecule has 1 N–H and O–H groups in total. The Kier molecular flexibility index (Phi) is 6.00. The van der Waals surface area contributed by atoms with E-state index in [-0.39, 0.29) is 12.4 Å². The Morgan fingerprint density at radius 3 is 2.60 bits per heavy atom. The summed E-state index contributed by atoms with van der Waals surface area (Å²) in [4.78, 5) is 4.29. The van der Waals surface area contributed by atoms with Crippen LogP contribution in [0.4, 0.5) is 4.39 Å². The van der Waals surface area contributed by atoms with E-state index in [1.165, 1.54) is 12.1 Å². The van der Waals surface area contributed by atoms with Gasteiger partial charge in [0.15, 0.2) is 5.82 Å². The summed E-state index contributed by atoms with van der Waals surface area (Å²) in [5.41, 5.74) is 5.23. The molecular formula is C26H23ClFN5O2. The monoisotopic (exact) mass is 491 g/mol. The molecular weight excluding hydrogens is 469 g/mol. The molecule has 0 spiro atoms. The fraction of sp³-hybridized carbons (Fsp3) is 0.192. The fourth-order valence-electron chi connectivity index (χ4n) is 4.36. The van der Waals surface area contributed by atoms with E-state index in [0.717, 1.165) is 22.5 Å². The Morgan fingerprint density at radius 1 is 1.09 bits per heavy atom. The lowest BCUT2D eigenvalue weighted by atomic mass is 10.0. The highest BCUT2D eigenvalue weighted by atomic mass is 35.5. The number of halogens is 2. The zero-order valence-electron chi connectivity index (χ0n) is 19.4. The van der Waals surface area contributed by atoms with Crippen LogP contribution >= 0.6 is 11.6 Å². The first-order chi connectivity index (χ1) is 16.9. The van der Waals surface area contributed by atoms with Gasteiger partial charge in [0.1, 0.15) is 17.3 Å². The van der Waals surface area contributed by atoms with Gasteiger partial charge in [-0.25, -0.2) is 9.37 Å². The third kappa shape index (κ3) is 4.26. The normalized spacial score (nSPS) is 12.3. The van der Waals surface area contributed by atoms with Crippen LogP contribution in [0.1, 0.15) is 22.9 Å². The minimum Gasteiger partial charge on any atom is -0.495 e. The number of methoxy groups -OCH3 is 1. The van der Waals surface area contributed by atoms with Crippen molar-refractivity contribution in [2.24, 2.45) is 0 Å². The smallest absolute Gasteiger partial charge is 0.165 e. The van der Waals surface area contributed by atoms with Gasteiger partial charge in [-0.05, 0) is 55.3 Å². The maximum atomic E-state index is 14.1. The summed E-state index contributed by atoms with van der Waals surface area (Å²) in [5.74, 6) is 0.805. The van der Waals surface area contributed by atoms with Crippen LogP contribution in [0, 0.1) is 19.7 Å². The number of aryl methyl sites for hydroxylation is 2. The molecule has 2 aliphatic rings. The third-order valence-electron chi connectivity index (χ3n) is 5.93. The van der Waals surface area contributed by atoms with E-state index < -0.39 is 6.04 Å². The van der Waals surface area contributed by atoms with Gasteiger partial charge < -0.3 is 19.0 Å². The topological polar surface area (TPSA) is 78.0 Å². The molecule has 9 heteroatoms. The summed E-state index contributed by atoms with van der Waals surface area (Å²) in [6.07, 6.45) is 5.33. The van der Waals surface area contributed by atoms with Crippen LogP contribution in [0.25, 0.3) is 28.3 Å². The van der Waals surface area contributed by atoms with Gasteiger partial charge in [0.25, 0.3) is 0 Å². The summed E-state index contributed by atoms with van der Waals surface area (Å²) >= 11 is 6.49. The number of aromatic nitrogens is 5. The zero-order valence-corrected chi connectivity index (χ0v) is 20.2. The molecule has 0 saturated heterocycles. The SMILES string of the molecule is COc1cc(-c2nnc3n(C(CO)c4cc(C)cc(F)c4)cc(Cl)cc2-3)ccc1-n1cnc(C)c1. The first kappa shape index (κ1) is 23.0. The van der Waals surface area contributed by atoms with E-state index in [2.05, 4.69) is 15.2 Å². The molecule has 0 fully saturated rings. The van der Waals surface area contributed by atoms with E-state index in [0.29, 0.717) is 33.4 Å². The van der Waals surface area contributed by atoms with Crippen LogP contribution in [-0.4, -0.2) is 43.1 Å². The summed E-state index contributed by atoms with van der Waals surface area (Å²) in [6.45, 7) is 3.46. The number of benzene rings is 2. The van der Waals surface area contributed by atoms with Gasteiger partial charge in [0, 0.05) is 23.5 Å². The van der Waals surface area contributed by atoms with Crippen molar-refractivity contribution < 1.29 is 14.2 Å². The second kappa shape index (κ2) is 9.13. The van der Waals surface area contributed by atoms with Crippen molar-refractivity contribution in [2.45, 2.75) is 19.9 Å². The number of rotatable bonds is 6. The Labute approximate surface area is 206 Å². The number of nitrogens with zero attached hydrogens (tertiary/aromatic N) is 5. The molecule has 35 heavy (non-hydrogen) atoms. The Hall–Kier alpha value is -3.75. The van der Waals surface area contributed by atoms with Crippen LogP contribution in [-0.2, 0) is 0 Å². The summed E-state index contributed by atoms with van der Waals surface area (Å²) in [6, 6.07) is 11.6. The number of pyridine rings is 1. The van der Waals surface area contributed by atoms with Crippen molar-refractivity contribution in [2.75, 3.05) is 13.7 Å². The second-order valence-electron chi connectivity index (χ2n) is 8.42. The number of fused-ring (bicyclic) bond motifs is 1. The molecule has 0 saturated carbocycles. The highest BCUT2D eigenvalue weighted by Gasteiger charge is 2.25.